The lowest BCUT2D eigenvalue weighted by Gasteiger charge is -2.02. The molecule has 1 rings (SSSR count). The van der Waals surface area contributed by atoms with Crippen molar-refractivity contribution in [1.82, 2.24) is 3.94 Å². The first-order valence-corrected chi connectivity index (χ1v) is 4.09. The first-order chi connectivity index (χ1) is 5.29. The summed E-state index contributed by atoms with van der Waals surface area (Å²) < 4.78 is 1.15. The summed E-state index contributed by atoms with van der Waals surface area (Å²) in [5.41, 5.74) is 1.25. The van der Waals surface area contributed by atoms with Crippen molar-refractivity contribution in [1.29, 1.82) is 0 Å². The van der Waals surface area contributed by atoms with Gasteiger partial charge in [-0.25, -0.2) is 0 Å². The van der Waals surface area contributed by atoms with E-state index in [4.69, 9.17) is 23.6 Å². The van der Waals surface area contributed by atoms with Crippen molar-refractivity contribution in [3.63, 3.8) is 0 Å². The lowest BCUT2D eigenvalue weighted by atomic mass is 10.2. The molecule has 0 amide bonds. The van der Waals surface area contributed by atoms with Gasteiger partial charge in [-0.1, -0.05) is 30.3 Å². The Morgan fingerprint density at radius 3 is 2.27 bits per heavy atom. The Morgan fingerprint density at radius 1 is 1.09 bits per heavy atom. The van der Waals surface area contributed by atoms with E-state index in [0.29, 0.717) is 6.54 Å². The van der Waals surface area contributed by atoms with Gasteiger partial charge in [0.1, 0.15) is 0 Å². The number of benzene rings is 1. The molecular formula is C8H9Cl2N. The van der Waals surface area contributed by atoms with Crippen molar-refractivity contribution < 1.29 is 0 Å². The van der Waals surface area contributed by atoms with Gasteiger partial charge < -0.3 is 0 Å². The van der Waals surface area contributed by atoms with E-state index < -0.39 is 0 Å². The molecule has 11 heavy (non-hydrogen) atoms. The maximum atomic E-state index is 5.43. The van der Waals surface area contributed by atoms with Gasteiger partial charge in [-0.15, -0.1) is 3.94 Å². The summed E-state index contributed by atoms with van der Waals surface area (Å²) >= 11 is 10.9. The van der Waals surface area contributed by atoms with Gasteiger partial charge in [-0.3, -0.25) is 0 Å². The summed E-state index contributed by atoms with van der Waals surface area (Å²) in [6, 6.07) is 10.1. The molecule has 0 bridgehead atoms. The monoisotopic (exact) mass is 189 g/mol. The van der Waals surface area contributed by atoms with Crippen molar-refractivity contribution in [3.8, 4) is 0 Å². The molecule has 0 heterocycles. The van der Waals surface area contributed by atoms with E-state index >= 15 is 0 Å². The summed E-state index contributed by atoms with van der Waals surface area (Å²) in [5, 5.41) is 0. The molecule has 0 atom stereocenters. The van der Waals surface area contributed by atoms with Crippen molar-refractivity contribution in [2.45, 2.75) is 6.42 Å². The van der Waals surface area contributed by atoms with Crippen LogP contribution in [-0.2, 0) is 6.42 Å². The first-order valence-electron chi connectivity index (χ1n) is 3.42. The van der Waals surface area contributed by atoms with Crippen LogP contribution in [0.25, 0.3) is 0 Å². The molecule has 3 heteroatoms. The second-order valence-corrected chi connectivity index (χ2v) is 3.25. The predicted molar refractivity (Wildman–Crippen MR) is 48.6 cm³/mol. The summed E-state index contributed by atoms with van der Waals surface area (Å²) in [7, 11) is 0. The minimum absolute atomic E-state index is 0.660. The minimum Gasteiger partial charge on any atom is -0.132 e. The third kappa shape index (κ3) is 3.61. The Balaban J connectivity index is 2.39. The van der Waals surface area contributed by atoms with Crippen molar-refractivity contribution >= 4 is 23.6 Å². The van der Waals surface area contributed by atoms with E-state index in [2.05, 4.69) is 12.1 Å². The fourth-order valence-corrected chi connectivity index (χ4v) is 1.03. The Labute approximate surface area is 76.8 Å². The number of hydrogen-bond acceptors (Lipinski definition) is 1. The molecule has 0 spiro atoms. The van der Waals surface area contributed by atoms with Gasteiger partial charge in [0, 0.05) is 6.54 Å². The van der Waals surface area contributed by atoms with E-state index in [1.807, 2.05) is 18.2 Å². The molecular weight excluding hydrogens is 181 g/mol. The van der Waals surface area contributed by atoms with Crippen molar-refractivity contribution in [2.75, 3.05) is 6.54 Å². The van der Waals surface area contributed by atoms with Crippen LogP contribution in [0.15, 0.2) is 30.3 Å². The SMILES string of the molecule is ClN(Cl)CCc1ccccc1. The average Bonchev–Trinajstić information content (AvgIpc) is 2.03. The Morgan fingerprint density at radius 2 is 1.73 bits per heavy atom. The second-order valence-electron chi connectivity index (χ2n) is 2.26. The summed E-state index contributed by atoms with van der Waals surface area (Å²) in [6.45, 7) is 0.660. The van der Waals surface area contributed by atoms with E-state index in [-0.39, 0.29) is 0 Å². The molecule has 60 valence electrons. The van der Waals surface area contributed by atoms with Gasteiger partial charge in [0.05, 0.1) is 0 Å². The molecule has 1 nitrogen and oxygen atoms in total. The lowest BCUT2D eigenvalue weighted by molar-refractivity contribution is 0.694. The van der Waals surface area contributed by atoms with Gasteiger partial charge in [-0.2, -0.15) is 0 Å². The van der Waals surface area contributed by atoms with Crippen LogP contribution in [0.1, 0.15) is 5.56 Å². The Kier molecular flexibility index (Phi) is 3.70. The molecule has 0 aliphatic heterocycles. The van der Waals surface area contributed by atoms with Gasteiger partial charge in [0.15, 0.2) is 0 Å². The lowest BCUT2D eigenvalue weighted by Crippen LogP contribution is -2.02. The first kappa shape index (κ1) is 8.85. The standard InChI is InChI=1S/C8H9Cl2N/c9-11(10)7-6-8-4-2-1-3-5-8/h1-5H,6-7H2. The highest BCUT2D eigenvalue weighted by molar-refractivity contribution is 6.33. The maximum absolute atomic E-state index is 5.43. The van der Waals surface area contributed by atoms with Gasteiger partial charge in [0.2, 0.25) is 0 Å². The zero-order valence-corrected chi connectivity index (χ0v) is 7.52. The van der Waals surface area contributed by atoms with Crippen LogP contribution in [0.4, 0.5) is 0 Å². The molecule has 1 aromatic carbocycles. The largest absolute Gasteiger partial charge is 0.132 e. The van der Waals surface area contributed by atoms with Crippen LogP contribution in [0.3, 0.4) is 0 Å². The molecule has 0 radical (unpaired) electrons. The third-order valence-electron chi connectivity index (χ3n) is 1.41. The number of rotatable bonds is 3. The molecule has 0 aliphatic rings. The van der Waals surface area contributed by atoms with Crippen LogP contribution in [0.5, 0.6) is 0 Å². The van der Waals surface area contributed by atoms with E-state index in [1.54, 1.807) is 0 Å². The molecule has 0 aromatic heterocycles. The highest BCUT2D eigenvalue weighted by Gasteiger charge is 1.95. The fraction of sp³-hybridized carbons (Fsp3) is 0.250. The van der Waals surface area contributed by atoms with Crippen molar-refractivity contribution in [3.05, 3.63) is 35.9 Å². The van der Waals surface area contributed by atoms with Crippen LogP contribution in [0.2, 0.25) is 0 Å². The van der Waals surface area contributed by atoms with Gasteiger partial charge in [0.25, 0.3) is 0 Å². The summed E-state index contributed by atoms with van der Waals surface area (Å²) in [5.74, 6) is 0. The fourth-order valence-electron chi connectivity index (χ4n) is 0.858. The highest BCUT2D eigenvalue weighted by atomic mass is 35.5. The Bertz CT molecular complexity index is 199. The predicted octanol–water partition coefficient (Wildman–Crippen LogP) is 2.84. The third-order valence-corrected chi connectivity index (χ3v) is 1.75. The van der Waals surface area contributed by atoms with Gasteiger partial charge >= 0.3 is 0 Å². The minimum atomic E-state index is 0.660. The molecule has 0 unspecified atom stereocenters. The molecule has 0 aliphatic carbocycles. The molecule has 0 N–H and O–H groups in total. The molecule has 0 fully saturated rings. The van der Waals surface area contributed by atoms with E-state index in [0.717, 1.165) is 10.4 Å². The number of nitrogens with zero attached hydrogens (tertiary/aromatic N) is 1. The highest BCUT2D eigenvalue weighted by Crippen LogP contribution is 2.04. The Hall–Kier alpha value is -0.240. The second kappa shape index (κ2) is 4.60. The van der Waals surface area contributed by atoms with E-state index in [1.165, 1.54) is 5.56 Å². The van der Waals surface area contributed by atoms with Crippen LogP contribution >= 0.6 is 23.6 Å². The van der Waals surface area contributed by atoms with Crippen molar-refractivity contribution in [2.24, 2.45) is 0 Å². The number of hydrogen-bond donors (Lipinski definition) is 0. The number of halogens is 2. The molecule has 1 aromatic rings. The smallest absolute Gasteiger partial charge is 0.0344 e. The quantitative estimate of drug-likeness (QED) is 0.662. The van der Waals surface area contributed by atoms with Crippen LogP contribution in [-0.4, -0.2) is 10.5 Å². The summed E-state index contributed by atoms with van der Waals surface area (Å²) in [4.78, 5) is 0. The zero-order valence-electron chi connectivity index (χ0n) is 6.00. The molecule has 0 saturated heterocycles. The maximum Gasteiger partial charge on any atom is 0.0344 e. The topological polar surface area (TPSA) is 3.24 Å². The normalized spacial score (nSPS) is 10.5. The van der Waals surface area contributed by atoms with E-state index in [9.17, 15) is 0 Å². The molecule has 0 saturated carbocycles. The van der Waals surface area contributed by atoms with Gasteiger partial charge in [-0.05, 0) is 35.5 Å². The van der Waals surface area contributed by atoms with Crippen LogP contribution in [0, 0.1) is 0 Å². The average molecular weight is 190 g/mol. The zero-order chi connectivity index (χ0) is 8.10. The van der Waals surface area contributed by atoms with Crippen LogP contribution < -0.4 is 0 Å². The summed E-state index contributed by atoms with van der Waals surface area (Å²) in [6.07, 6.45) is 0.883.